The van der Waals surface area contributed by atoms with Crippen LogP contribution >= 0.6 is 0 Å². The van der Waals surface area contributed by atoms with E-state index < -0.39 is 5.97 Å². The zero-order valence-electron chi connectivity index (χ0n) is 8.45. The Morgan fingerprint density at radius 1 is 1.73 bits per heavy atom. The molecule has 0 spiro atoms. The summed E-state index contributed by atoms with van der Waals surface area (Å²) >= 11 is 0. The number of hydrogen-bond acceptors (Lipinski definition) is 2. The summed E-state index contributed by atoms with van der Waals surface area (Å²) in [5.74, 6) is -0.320. The third-order valence-corrected chi connectivity index (χ3v) is 3.59. The molecular weight excluding hydrogens is 192 g/mol. The van der Waals surface area contributed by atoms with Gasteiger partial charge in [0.25, 0.3) is 0 Å². The maximum Gasteiger partial charge on any atom is 0.354 e. The number of nitrogens with zero attached hydrogens (tertiary/aromatic N) is 1. The van der Waals surface area contributed by atoms with Crippen LogP contribution in [0.25, 0.3) is 0 Å². The third-order valence-electron chi connectivity index (χ3n) is 3.59. The lowest BCUT2D eigenvalue weighted by atomic mass is 10.0. The summed E-state index contributed by atoms with van der Waals surface area (Å²) in [5, 5.41) is 15.8. The smallest absolute Gasteiger partial charge is 0.354 e. The quantitative estimate of drug-likeness (QED) is 0.717. The molecule has 1 saturated carbocycles. The molecule has 15 heavy (non-hydrogen) atoms. The van der Waals surface area contributed by atoms with Crippen LogP contribution in [0.15, 0.2) is 12.2 Å². The molecule has 4 nitrogen and oxygen atoms in total. The molecule has 2 N–H and O–H groups in total. The second-order valence-electron chi connectivity index (χ2n) is 4.38. The molecule has 2 aliphatic carbocycles. The molecular formula is C11H12N2O2. The van der Waals surface area contributed by atoms with Crippen LogP contribution in [0.4, 0.5) is 0 Å². The number of hydrogen-bond donors (Lipinski definition) is 2. The molecule has 0 bridgehead atoms. The highest BCUT2D eigenvalue weighted by Gasteiger charge is 2.61. The average molecular weight is 204 g/mol. The SMILES string of the molecule is CC=CC12CC1Cc1c2n[nH]c1C(=O)O. The van der Waals surface area contributed by atoms with E-state index in [-0.39, 0.29) is 11.1 Å². The molecule has 4 heteroatoms. The number of nitrogens with one attached hydrogen (secondary N) is 1. The Morgan fingerprint density at radius 2 is 2.53 bits per heavy atom. The van der Waals surface area contributed by atoms with Crippen molar-refractivity contribution in [1.29, 1.82) is 0 Å². The number of fused-ring (bicyclic) bond motifs is 3. The largest absolute Gasteiger partial charge is 0.477 e. The summed E-state index contributed by atoms with van der Waals surface area (Å²) in [6, 6.07) is 0. The first-order chi connectivity index (χ1) is 7.19. The number of aromatic nitrogens is 2. The number of H-pyrrole nitrogens is 1. The lowest BCUT2D eigenvalue weighted by Crippen LogP contribution is -2.02. The van der Waals surface area contributed by atoms with Crippen LogP contribution in [0.1, 0.15) is 35.1 Å². The van der Waals surface area contributed by atoms with Gasteiger partial charge in [-0.3, -0.25) is 5.10 Å². The first kappa shape index (κ1) is 8.71. The van der Waals surface area contributed by atoms with Crippen LogP contribution in [0.2, 0.25) is 0 Å². The molecule has 2 unspecified atom stereocenters. The normalized spacial score (nSPS) is 31.7. The van der Waals surface area contributed by atoms with E-state index in [1.54, 1.807) is 0 Å². The van der Waals surface area contributed by atoms with Gasteiger partial charge in [0.1, 0.15) is 5.69 Å². The minimum absolute atomic E-state index is 0.0638. The summed E-state index contributed by atoms with van der Waals surface area (Å²) in [7, 11) is 0. The fraction of sp³-hybridized carbons (Fsp3) is 0.455. The van der Waals surface area contributed by atoms with E-state index in [1.807, 2.05) is 13.0 Å². The van der Waals surface area contributed by atoms with Gasteiger partial charge in [-0.05, 0) is 25.7 Å². The van der Waals surface area contributed by atoms with Crippen LogP contribution in [0.3, 0.4) is 0 Å². The number of carbonyl (C=O) groups is 1. The Hall–Kier alpha value is -1.58. The Balaban J connectivity index is 2.11. The summed E-state index contributed by atoms with van der Waals surface area (Å²) in [4.78, 5) is 10.9. The predicted molar refractivity (Wildman–Crippen MR) is 53.9 cm³/mol. The predicted octanol–water partition coefficient (Wildman–Crippen LogP) is 1.50. The monoisotopic (exact) mass is 204 g/mol. The molecule has 1 aromatic heterocycles. The molecule has 3 rings (SSSR count). The van der Waals surface area contributed by atoms with E-state index in [0.717, 1.165) is 24.1 Å². The summed E-state index contributed by atoms with van der Waals surface area (Å²) in [6.45, 7) is 1.99. The van der Waals surface area contributed by atoms with E-state index in [2.05, 4.69) is 16.3 Å². The van der Waals surface area contributed by atoms with Crippen molar-refractivity contribution in [2.45, 2.75) is 25.2 Å². The second-order valence-corrected chi connectivity index (χ2v) is 4.38. The summed E-state index contributed by atoms with van der Waals surface area (Å²) in [5.41, 5.74) is 2.22. The molecule has 2 aliphatic rings. The minimum atomic E-state index is -0.902. The zero-order chi connectivity index (χ0) is 10.6. The molecule has 0 aromatic carbocycles. The van der Waals surface area contributed by atoms with Gasteiger partial charge in [-0.2, -0.15) is 5.10 Å². The Kier molecular flexibility index (Phi) is 1.45. The molecule has 78 valence electrons. The Labute approximate surface area is 87.0 Å². The maximum atomic E-state index is 10.9. The first-order valence-corrected chi connectivity index (χ1v) is 5.14. The van der Waals surface area contributed by atoms with Crippen molar-refractivity contribution in [2.75, 3.05) is 0 Å². The molecule has 1 heterocycles. The zero-order valence-corrected chi connectivity index (χ0v) is 8.45. The van der Waals surface area contributed by atoms with Crippen LogP contribution < -0.4 is 0 Å². The van der Waals surface area contributed by atoms with E-state index in [1.165, 1.54) is 0 Å². The van der Waals surface area contributed by atoms with Crippen molar-refractivity contribution in [2.24, 2.45) is 5.92 Å². The third kappa shape index (κ3) is 0.914. The number of carboxylic acid groups (broad SMARTS) is 1. The van der Waals surface area contributed by atoms with Crippen molar-refractivity contribution in [3.63, 3.8) is 0 Å². The van der Waals surface area contributed by atoms with Gasteiger partial charge in [0, 0.05) is 11.0 Å². The van der Waals surface area contributed by atoms with Gasteiger partial charge in [-0.25, -0.2) is 4.79 Å². The van der Waals surface area contributed by atoms with Crippen molar-refractivity contribution in [3.8, 4) is 0 Å². The minimum Gasteiger partial charge on any atom is -0.477 e. The molecule has 0 radical (unpaired) electrons. The average Bonchev–Trinajstić information content (AvgIpc) is 2.57. The van der Waals surface area contributed by atoms with E-state index in [9.17, 15) is 4.79 Å². The lowest BCUT2D eigenvalue weighted by molar-refractivity contribution is 0.0689. The highest BCUT2D eigenvalue weighted by atomic mass is 16.4. The van der Waals surface area contributed by atoms with Crippen molar-refractivity contribution >= 4 is 5.97 Å². The van der Waals surface area contributed by atoms with Gasteiger partial charge in [0.2, 0.25) is 0 Å². The molecule has 0 saturated heterocycles. The second kappa shape index (κ2) is 2.51. The molecule has 0 aliphatic heterocycles. The van der Waals surface area contributed by atoms with Crippen LogP contribution in [0.5, 0.6) is 0 Å². The van der Waals surface area contributed by atoms with E-state index in [4.69, 9.17) is 5.11 Å². The molecule has 1 aromatic rings. The standard InChI is InChI=1S/C11H12N2O2/c1-2-3-11-5-6(11)4-7-8(10(14)15)12-13-9(7)11/h2-3,6H,4-5H2,1H3,(H,12,13)(H,14,15). The molecule has 2 atom stereocenters. The van der Waals surface area contributed by atoms with E-state index in [0.29, 0.717) is 5.92 Å². The highest BCUT2D eigenvalue weighted by molar-refractivity contribution is 5.88. The van der Waals surface area contributed by atoms with Gasteiger partial charge >= 0.3 is 5.97 Å². The van der Waals surface area contributed by atoms with Gasteiger partial charge < -0.3 is 5.11 Å². The maximum absolute atomic E-state index is 10.9. The van der Waals surface area contributed by atoms with Crippen LogP contribution in [-0.2, 0) is 11.8 Å². The molecule has 0 amide bonds. The number of rotatable bonds is 2. The lowest BCUT2D eigenvalue weighted by Gasteiger charge is -2.02. The van der Waals surface area contributed by atoms with Gasteiger partial charge in [-0.1, -0.05) is 12.2 Å². The Bertz CT molecular complexity index is 475. The first-order valence-electron chi connectivity index (χ1n) is 5.14. The number of aromatic carboxylic acids is 1. The summed E-state index contributed by atoms with van der Waals surface area (Å²) in [6.07, 6.45) is 6.17. The van der Waals surface area contributed by atoms with Gasteiger partial charge in [0.15, 0.2) is 0 Å². The van der Waals surface area contributed by atoms with Crippen molar-refractivity contribution in [3.05, 3.63) is 29.1 Å². The number of aromatic amines is 1. The van der Waals surface area contributed by atoms with Crippen LogP contribution in [0, 0.1) is 5.92 Å². The Morgan fingerprint density at radius 3 is 3.20 bits per heavy atom. The van der Waals surface area contributed by atoms with Gasteiger partial charge in [0.05, 0.1) is 5.69 Å². The fourth-order valence-electron chi connectivity index (χ4n) is 2.85. The topological polar surface area (TPSA) is 66.0 Å². The van der Waals surface area contributed by atoms with Crippen LogP contribution in [-0.4, -0.2) is 21.3 Å². The number of carboxylic acids is 1. The van der Waals surface area contributed by atoms with Gasteiger partial charge in [-0.15, -0.1) is 0 Å². The number of allylic oxidation sites excluding steroid dienone is 2. The molecule has 1 fully saturated rings. The van der Waals surface area contributed by atoms with Crippen molar-refractivity contribution in [1.82, 2.24) is 10.2 Å². The van der Waals surface area contributed by atoms with Crippen molar-refractivity contribution < 1.29 is 9.90 Å². The summed E-state index contributed by atoms with van der Waals surface area (Å²) < 4.78 is 0. The fourth-order valence-corrected chi connectivity index (χ4v) is 2.85. The highest BCUT2D eigenvalue weighted by Crippen LogP contribution is 2.62. The van der Waals surface area contributed by atoms with E-state index >= 15 is 0 Å².